The molecule has 6 aromatic carbocycles. The number of hydrogen-bond acceptors (Lipinski definition) is 6. The third kappa shape index (κ3) is 9.40. The van der Waals surface area contributed by atoms with Gasteiger partial charge in [0.15, 0.2) is 5.58 Å². The van der Waals surface area contributed by atoms with Crippen molar-refractivity contribution in [2.45, 2.75) is 72.6 Å². The molecule has 0 aliphatic heterocycles. The number of benzene rings is 6. The van der Waals surface area contributed by atoms with Gasteiger partial charge in [0.05, 0.1) is 11.3 Å². The molecule has 5 aromatic heterocycles. The van der Waals surface area contributed by atoms with Gasteiger partial charge in [-0.15, -0.1) is 54.1 Å². The fourth-order valence-corrected chi connectivity index (χ4v) is 8.97. The number of furan rings is 1. The first kappa shape index (κ1) is 43.9. The van der Waals surface area contributed by atoms with Gasteiger partial charge in [-0.1, -0.05) is 156 Å². The van der Waals surface area contributed by atoms with Gasteiger partial charge < -0.3 is 18.8 Å². The van der Waals surface area contributed by atoms with Crippen LogP contribution in [0.2, 0.25) is 0 Å². The summed E-state index contributed by atoms with van der Waals surface area (Å²) in [4.78, 5) is 18.6. The average molecular weight is 1090 g/mol. The number of pyridine rings is 3. The van der Waals surface area contributed by atoms with Crippen molar-refractivity contribution in [3.8, 4) is 67.2 Å². The van der Waals surface area contributed by atoms with Crippen molar-refractivity contribution in [2.75, 3.05) is 0 Å². The molecule has 0 aliphatic carbocycles. The van der Waals surface area contributed by atoms with Crippen molar-refractivity contribution >= 4 is 33.0 Å². The van der Waals surface area contributed by atoms with Crippen LogP contribution in [0.25, 0.3) is 100 Å². The second-order valence-electron chi connectivity index (χ2n) is 19.0. The van der Waals surface area contributed by atoms with Gasteiger partial charge in [0.1, 0.15) is 11.1 Å². The molecule has 6 nitrogen and oxygen atoms in total. The van der Waals surface area contributed by atoms with Crippen LogP contribution in [0, 0.1) is 19.0 Å². The number of rotatable bonds is 8. The molecule has 5 heterocycles. The van der Waals surface area contributed by atoms with E-state index in [1.807, 2.05) is 97.1 Å². The Labute approximate surface area is 428 Å². The number of hydrogen-bond donors (Lipinski definition) is 0. The molecule has 0 bridgehead atoms. The van der Waals surface area contributed by atoms with Gasteiger partial charge in [-0.2, -0.15) is 0 Å². The van der Waals surface area contributed by atoms with E-state index in [2.05, 4.69) is 125 Å². The number of aromatic nitrogens is 4. The topological polar surface area (TPSA) is 77.8 Å². The number of nitrogens with zero attached hydrogens (tertiary/aromatic N) is 4. The monoisotopic (exact) mass is 1090 g/mol. The zero-order valence-corrected chi connectivity index (χ0v) is 42.7. The Hall–Kier alpha value is -7.31. The molecule has 0 atom stereocenters. The minimum Gasteiger partial charge on any atom is -0.501 e. The molecule has 70 heavy (non-hydrogen) atoms. The molecule has 349 valence electrons. The third-order valence-electron chi connectivity index (χ3n) is 12.5. The maximum atomic E-state index is 8.53. The molecule has 0 amide bonds. The molecule has 1 radical (unpaired) electrons. The Morgan fingerprint density at radius 1 is 0.571 bits per heavy atom. The molecular formula is C63H54IrN4O2-2. The van der Waals surface area contributed by atoms with Gasteiger partial charge in [-0.25, -0.2) is 4.98 Å². The summed E-state index contributed by atoms with van der Waals surface area (Å²) < 4.78 is 38.1. The molecule has 0 spiro atoms. The minimum absolute atomic E-state index is 0. The van der Waals surface area contributed by atoms with E-state index in [0.717, 1.165) is 88.9 Å². The molecule has 11 rings (SSSR count). The summed E-state index contributed by atoms with van der Waals surface area (Å²) in [5.41, 5.74) is 16.1. The van der Waals surface area contributed by atoms with E-state index in [4.69, 9.17) is 22.9 Å². The molecule has 7 heteroatoms. The van der Waals surface area contributed by atoms with Crippen molar-refractivity contribution in [3.63, 3.8) is 0 Å². The Kier molecular flexibility index (Phi) is 12.5. The van der Waals surface area contributed by atoms with Crippen LogP contribution in [0.3, 0.4) is 0 Å². The first-order valence-corrected chi connectivity index (χ1v) is 23.5. The Morgan fingerprint density at radius 2 is 1.27 bits per heavy atom. The quantitative estimate of drug-likeness (QED) is 0.141. The Morgan fingerprint density at radius 3 is 1.94 bits per heavy atom. The SMILES string of the molecule is CC(C)(C)c1nc2c(-c3cccnc3-c3[c-]cccc3)nccc2o1.[2H]C([2H])([2H])c1cnc(-c2[c-]ccc3c2oc2cc(-c4ccccc4)ccc23)cc1-c1c(C(C)C)cc(-c2ccccc2)cc1C(C)C.[Ir]. The first-order chi connectivity index (χ1) is 34.6. The van der Waals surface area contributed by atoms with E-state index in [-0.39, 0.29) is 42.9 Å². The second-order valence-corrected chi connectivity index (χ2v) is 19.0. The summed E-state index contributed by atoms with van der Waals surface area (Å²) in [6.45, 7) is 12.6. The van der Waals surface area contributed by atoms with E-state index >= 15 is 0 Å². The predicted octanol–water partition coefficient (Wildman–Crippen LogP) is 17.1. The molecule has 0 N–H and O–H groups in total. The van der Waals surface area contributed by atoms with Crippen molar-refractivity contribution in [3.05, 3.63) is 205 Å². The molecule has 0 saturated carbocycles. The predicted molar refractivity (Wildman–Crippen MR) is 283 cm³/mol. The minimum atomic E-state index is -2.36. The van der Waals surface area contributed by atoms with Crippen molar-refractivity contribution < 1.29 is 33.1 Å². The largest absolute Gasteiger partial charge is 0.501 e. The van der Waals surface area contributed by atoms with Crippen LogP contribution in [0.5, 0.6) is 0 Å². The van der Waals surface area contributed by atoms with E-state index in [1.165, 1.54) is 6.20 Å². The van der Waals surface area contributed by atoms with Gasteiger partial charge in [0, 0.05) is 59.7 Å². The number of aryl methyl sites for hydroxylation is 1. The Balaban J connectivity index is 0.000000212. The maximum absolute atomic E-state index is 8.53. The molecule has 11 aromatic rings. The maximum Gasteiger partial charge on any atom is 0.200 e. The van der Waals surface area contributed by atoms with Crippen LogP contribution in [-0.2, 0) is 25.5 Å². The molecule has 0 aliphatic rings. The molecule has 0 unspecified atom stereocenters. The standard InChI is InChI=1S/C42H36NO.C21H18N3O.Ir/c1-26(2)36-21-32(30-15-10-7-11-16-30)22-37(27(3)4)41(36)38-24-39(43-25-28(38)5)35-18-12-17-34-33-20-19-31(23-40(33)44-42(34)35)29-13-8-6-9-14-29;1-21(2,3)20-24-19-16(25-20)11-13-23-18(19)15-10-7-12-22-17(15)14-8-5-4-6-9-14;/h6-17,19-27H,1-5H3;4-8,10-13H,1-3H3;/q2*-1;/i5D3;;. The van der Waals surface area contributed by atoms with Crippen molar-refractivity contribution in [1.29, 1.82) is 0 Å². The van der Waals surface area contributed by atoms with E-state index in [9.17, 15) is 0 Å². The van der Waals surface area contributed by atoms with Crippen LogP contribution >= 0.6 is 0 Å². The van der Waals surface area contributed by atoms with Crippen LogP contribution in [-0.4, -0.2) is 19.9 Å². The summed E-state index contributed by atoms with van der Waals surface area (Å²) in [7, 11) is 0. The molecule has 0 fully saturated rings. The van der Waals surface area contributed by atoms with Gasteiger partial charge in [0.25, 0.3) is 0 Å². The average Bonchev–Trinajstić information content (AvgIpc) is 4.02. The van der Waals surface area contributed by atoms with Gasteiger partial charge in [0.2, 0.25) is 5.89 Å². The first-order valence-electron chi connectivity index (χ1n) is 25.0. The number of oxazole rings is 1. The van der Waals surface area contributed by atoms with Gasteiger partial charge in [-0.3, -0.25) is 4.98 Å². The fraction of sp³-hybridized carbons (Fsp3) is 0.175. The van der Waals surface area contributed by atoms with Crippen LogP contribution < -0.4 is 0 Å². The van der Waals surface area contributed by atoms with Crippen LogP contribution in [0.1, 0.15) is 87.0 Å². The van der Waals surface area contributed by atoms with Crippen molar-refractivity contribution in [1.82, 2.24) is 19.9 Å². The second kappa shape index (κ2) is 20.0. The Bertz CT molecular complexity index is 3700. The summed E-state index contributed by atoms with van der Waals surface area (Å²) in [6.07, 6.45) is 5.06. The van der Waals surface area contributed by atoms with E-state index in [0.29, 0.717) is 28.3 Å². The normalized spacial score (nSPS) is 12.4. The fourth-order valence-electron chi connectivity index (χ4n) is 8.97. The van der Waals surface area contributed by atoms with E-state index in [1.54, 1.807) is 12.4 Å². The third-order valence-corrected chi connectivity index (χ3v) is 12.5. The summed E-state index contributed by atoms with van der Waals surface area (Å²) in [5.74, 6) is 1.00. The van der Waals surface area contributed by atoms with Crippen LogP contribution in [0.4, 0.5) is 0 Å². The smallest absolute Gasteiger partial charge is 0.200 e. The molecule has 0 saturated heterocycles. The zero-order chi connectivity index (χ0) is 50.3. The van der Waals surface area contributed by atoms with Gasteiger partial charge in [-0.05, 0) is 97.8 Å². The summed E-state index contributed by atoms with van der Waals surface area (Å²) in [6, 6.07) is 57.4. The summed E-state index contributed by atoms with van der Waals surface area (Å²) in [5, 5.41) is 1.98. The number of fused-ring (bicyclic) bond motifs is 4. The zero-order valence-electron chi connectivity index (χ0n) is 43.3. The molecular weight excluding hydrogens is 1040 g/mol. The van der Waals surface area contributed by atoms with E-state index < -0.39 is 6.85 Å². The van der Waals surface area contributed by atoms with Crippen LogP contribution in [0.15, 0.2) is 179 Å². The van der Waals surface area contributed by atoms with Gasteiger partial charge >= 0.3 is 0 Å². The summed E-state index contributed by atoms with van der Waals surface area (Å²) >= 11 is 0. The van der Waals surface area contributed by atoms with Crippen molar-refractivity contribution in [2.24, 2.45) is 0 Å².